The molecule has 1 aromatic carbocycles. The molecule has 0 saturated heterocycles. The highest BCUT2D eigenvalue weighted by Crippen LogP contribution is 2.25. The quantitative estimate of drug-likeness (QED) is 0.740. The van der Waals surface area contributed by atoms with E-state index in [0.29, 0.717) is 5.69 Å². The maximum Gasteiger partial charge on any atom is 0.170 e. The van der Waals surface area contributed by atoms with E-state index in [4.69, 9.17) is 0 Å². The number of benzene rings is 1. The summed E-state index contributed by atoms with van der Waals surface area (Å²) in [5.41, 5.74) is 2.37. The van der Waals surface area contributed by atoms with Crippen LogP contribution in [0, 0.1) is 0 Å². The van der Waals surface area contributed by atoms with E-state index in [2.05, 4.69) is 25.9 Å². The fourth-order valence-electron chi connectivity index (χ4n) is 1.78. The molecule has 2 rings (SSSR count). The van der Waals surface area contributed by atoms with Crippen molar-refractivity contribution in [3.8, 4) is 11.3 Å². The van der Waals surface area contributed by atoms with Crippen LogP contribution >= 0.6 is 0 Å². The van der Waals surface area contributed by atoms with E-state index in [9.17, 15) is 4.79 Å². The lowest BCUT2D eigenvalue weighted by molar-refractivity contribution is 0.111. The molecule has 0 aliphatic rings. The normalized spacial score (nSPS) is 11.5. The molecule has 88 valence electrons. The summed E-state index contributed by atoms with van der Waals surface area (Å²) in [6.45, 7) is 6.21. The van der Waals surface area contributed by atoms with Crippen LogP contribution in [-0.2, 0) is 5.54 Å². The van der Waals surface area contributed by atoms with E-state index in [1.165, 1.54) is 0 Å². The van der Waals surface area contributed by atoms with E-state index in [1.54, 1.807) is 0 Å². The number of carbonyl (C=O) groups is 1. The van der Waals surface area contributed by atoms with Gasteiger partial charge in [0, 0.05) is 0 Å². The molecule has 3 heteroatoms. The molecule has 17 heavy (non-hydrogen) atoms. The predicted molar refractivity (Wildman–Crippen MR) is 68.0 cm³/mol. The van der Waals surface area contributed by atoms with Crippen molar-refractivity contribution in [3.63, 3.8) is 0 Å². The first-order chi connectivity index (χ1) is 8.02. The molecule has 0 fully saturated rings. The Morgan fingerprint density at radius 3 is 2.35 bits per heavy atom. The van der Waals surface area contributed by atoms with Crippen molar-refractivity contribution in [2.45, 2.75) is 26.3 Å². The third-order valence-corrected chi connectivity index (χ3v) is 2.55. The average Bonchev–Trinajstić information content (AvgIpc) is 2.74. The lowest BCUT2D eigenvalue weighted by atomic mass is 10.1. The monoisotopic (exact) mass is 228 g/mol. The van der Waals surface area contributed by atoms with Crippen LogP contribution in [0.1, 0.15) is 31.3 Å². The molecule has 0 atom stereocenters. The first-order valence-electron chi connectivity index (χ1n) is 5.63. The molecule has 1 heterocycles. The Hall–Kier alpha value is -1.90. The molecule has 0 radical (unpaired) electrons. The zero-order valence-corrected chi connectivity index (χ0v) is 10.3. The third kappa shape index (κ3) is 2.28. The van der Waals surface area contributed by atoms with Crippen molar-refractivity contribution in [3.05, 3.63) is 42.1 Å². The van der Waals surface area contributed by atoms with Gasteiger partial charge in [-0.1, -0.05) is 30.3 Å². The summed E-state index contributed by atoms with van der Waals surface area (Å²) >= 11 is 0. The van der Waals surface area contributed by atoms with Crippen molar-refractivity contribution in [1.29, 1.82) is 0 Å². The minimum absolute atomic E-state index is 0.146. The molecular formula is C14H16N2O. The van der Waals surface area contributed by atoms with Gasteiger partial charge in [0.25, 0.3) is 0 Å². The van der Waals surface area contributed by atoms with Crippen LogP contribution < -0.4 is 0 Å². The van der Waals surface area contributed by atoms with Gasteiger partial charge in [-0.15, -0.1) is 0 Å². The van der Waals surface area contributed by atoms with Crippen LogP contribution in [0.25, 0.3) is 11.3 Å². The zero-order valence-electron chi connectivity index (χ0n) is 10.3. The molecule has 0 aliphatic heterocycles. The lowest BCUT2D eigenvalue weighted by Gasteiger charge is -2.22. The third-order valence-electron chi connectivity index (χ3n) is 2.55. The van der Waals surface area contributed by atoms with Gasteiger partial charge < -0.3 is 0 Å². The van der Waals surface area contributed by atoms with Crippen LogP contribution in [-0.4, -0.2) is 16.1 Å². The fourth-order valence-corrected chi connectivity index (χ4v) is 1.78. The van der Waals surface area contributed by atoms with Gasteiger partial charge in [0.15, 0.2) is 6.29 Å². The molecule has 0 unspecified atom stereocenters. The topological polar surface area (TPSA) is 34.9 Å². The Morgan fingerprint density at radius 2 is 1.82 bits per heavy atom. The highest BCUT2D eigenvalue weighted by Gasteiger charge is 2.20. The van der Waals surface area contributed by atoms with Crippen LogP contribution in [0.4, 0.5) is 0 Å². The first-order valence-corrected chi connectivity index (χ1v) is 5.63. The number of hydrogen-bond acceptors (Lipinski definition) is 2. The molecule has 3 nitrogen and oxygen atoms in total. The summed E-state index contributed by atoms with van der Waals surface area (Å²) in [5.74, 6) is 0. The van der Waals surface area contributed by atoms with Gasteiger partial charge in [-0.25, -0.2) is 0 Å². The Bertz CT molecular complexity index is 521. The minimum Gasteiger partial charge on any atom is -0.296 e. The average molecular weight is 228 g/mol. The standard InChI is InChI=1S/C14H16N2O/c1-14(2,3)16-13(9-12(10-17)15-16)11-7-5-4-6-8-11/h4-10H,1-3H3. The molecule has 0 spiro atoms. The van der Waals surface area contributed by atoms with Crippen molar-refractivity contribution in [1.82, 2.24) is 9.78 Å². The molecular weight excluding hydrogens is 212 g/mol. The summed E-state index contributed by atoms with van der Waals surface area (Å²) in [7, 11) is 0. The first kappa shape index (κ1) is 11.6. The highest BCUT2D eigenvalue weighted by molar-refractivity contribution is 5.75. The smallest absolute Gasteiger partial charge is 0.170 e. The van der Waals surface area contributed by atoms with Gasteiger partial charge in [0.1, 0.15) is 5.69 Å². The number of hydrogen-bond donors (Lipinski definition) is 0. The highest BCUT2D eigenvalue weighted by atomic mass is 16.1. The maximum atomic E-state index is 10.9. The van der Waals surface area contributed by atoms with Gasteiger partial charge in [-0.05, 0) is 32.4 Å². The number of nitrogens with zero attached hydrogens (tertiary/aromatic N) is 2. The van der Waals surface area contributed by atoms with Gasteiger partial charge in [-0.3, -0.25) is 9.48 Å². The molecule has 2 aromatic rings. The predicted octanol–water partition coefficient (Wildman–Crippen LogP) is 3.12. The largest absolute Gasteiger partial charge is 0.296 e. The summed E-state index contributed by atoms with van der Waals surface area (Å²) in [4.78, 5) is 10.9. The van der Waals surface area contributed by atoms with E-state index in [-0.39, 0.29) is 5.54 Å². The minimum atomic E-state index is -0.146. The fraction of sp³-hybridized carbons (Fsp3) is 0.286. The van der Waals surface area contributed by atoms with Crippen LogP contribution in [0.5, 0.6) is 0 Å². The number of aldehydes is 1. The second-order valence-electron chi connectivity index (χ2n) is 5.02. The Labute approximate surface area is 101 Å². The molecule has 0 aliphatic carbocycles. The van der Waals surface area contributed by atoms with Crippen LogP contribution in [0.3, 0.4) is 0 Å². The Balaban J connectivity index is 2.61. The van der Waals surface area contributed by atoms with Gasteiger partial charge in [0.2, 0.25) is 0 Å². The number of carbonyl (C=O) groups excluding carboxylic acids is 1. The zero-order chi connectivity index (χ0) is 12.5. The van der Waals surface area contributed by atoms with E-state index in [0.717, 1.165) is 17.5 Å². The van der Waals surface area contributed by atoms with Gasteiger partial charge in [0.05, 0.1) is 11.2 Å². The maximum absolute atomic E-state index is 10.9. The summed E-state index contributed by atoms with van der Waals surface area (Å²) in [6, 6.07) is 11.8. The molecule has 0 bridgehead atoms. The lowest BCUT2D eigenvalue weighted by Crippen LogP contribution is -2.24. The van der Waals surface area contributed by atoms with Crippen molar-refractivity contribution in [2.24, 2.45) is 0 Å². The van der Waals surface area contributed by atoms with Crippen LogP contribution in [0.2, 0.25) is 0 Å². The molecule has 0 saturated carbocycles. The number of rotatable bonds is 2. The van der Waals surface area contributed by atoms with Crippen LogP contribution in [0.15, 0.2) is 36.4 Å². The van der Waals surface area contributed by atoms with Crippen molar-refractivity contribution in [2.75, 3.05) is 0 Å². The SMILES string of the molecule is CC(C)(C)n1nc(C=O)cc1-c1ccccc1. The molecule has 0 N–H and O–H groups in total. The Kier molecular flexibility index (Phi) is 2.84. The second-order valence-corrected chi connectivity index (χ2v) is 5.02. The van der Waals surface area contributed by atoms with Gasteiger partial charge in [-0.2, -0.15) is 5.10 Å². The van der Waals surface area contributed by atoms with Crippen molar-refractivity contribution >= 4 is 6.29 Å². The Morgan fingerprint density at radius 1 is 1.18 bits per heavy atom. The van der Waals surface area contributed by atoms with Crippen molar-refractivity contribution < 1.29 is 4.79 Å². The summed E-state index contributed by atoms with van der Waals surface area (Å²) < 4.78 is 1.89. The molecule has 0 amide bonds. The van der Waals surface area contributed by atoms with E-state index < -0.39 is 0 Å². The summed E-state index contributed by atoms with van der Waals surface area (Å²) in [5, 5.41) is 4.32. The number of aromatic nitrogens is 2. The second kappa shape index (κ2) is 4.17. The van der Waals surface area contributed by atoms with E-state index >= 15 is 0 Å². The van der Waals surface area contributed by atoms with Gasteiger partial charge >= 0.3 is 0 Å². The summed E-state index contributed by atoms with van der Waals surface area (Å²) in [6.07, 6.45) is 0.786. The van der Waals surface area contributed by atoms with E-state index in [1.807, 2.05) is 41.1 Å². The molecule has 1 aromatic heterocycles.